The first-order valence-electron chi connectivity index (χ1n) is 8.44. The number of carbonyl (C=O) groups is 2. The third-order valence-electron chi connectivity index (χ3n) is 4.39. The zero-order valence-corrected chi connectivity index (χ0v) is 14.5. The molecular formula is C17H19N5O2S. The number of hydrogen-bond donors (Lipinski definition) is 1. The highest BCUT2D eigenvalue weighted by molar-refractivity contribution is 7.09. The third-order valence-corrected chi connectivity index (χ3v) is 5.17. The summed E-state index contributed by atoms with van der Waals surface area (Å²) in [5.74, 6) is -0.171. The average Bonchev–Trinajstić information content (AvgIpc) is 3.34. The summed E-state index contributed by atoms with van der Waals surface area (Å²) in [5.41, 5.74) is 0.996. The van der Waals surface area contributed by atoms with E-state index in [1.165, 1.54) is 11.5 Å². The van der Waals surface area contributed by atoms with E-state index in [2.05, 4.69) is 19.6 Å². The predicted octanol–water partition coefficient (Wildman–Crippen LogP) is 1.13. The van der Waals surface area contributed by atoms with Crippen molar-refractivity contribution in [2.24, 2.45) is 0 Å². The van der Waals surface area contributed by atoms with E-state index in [4.69, 9.17) is 0 Å². The first-order chi connectivity index (χ1) is 12.2. The molecule has 7 nitrogen and oxygen atoms in total. The summed E-state index contributed by atoms with van der Waals surface area (Å²) in [6, 6.07) is 10.1. The highest BCUT2D eigenvalue weighted by atomic mass is 32.1. The van der Waals surface area contributed by atoms with Crippen LogP contribution in [0.25, 0.3) is 11.4 Å². The maximum absolute atomic E-state index is 12.2. The Balaban J connectivity index is 1.35. The minimum Gasteiger partial charge on any atom is -0.345 e. The van der Waals surface area contributed by atoms with Gasteiger partial charge in [-0.05, 0) is 12.8 Å². The first kappa shape index (κ1) is 16.0. The molecule has 1 aromatic carbocycles. The van der Waals surface area contributed by atoms with E-state index in [9.17, 15) is 9.59 Å². The van der Waals surface area contributed by atoms with E-state index >= 15 is 0 Å². The fourth-order valence-electron chi connectivity index (χ4n) is 2.77. The molecule has 1 aliphatic carbocycles. The van der Waals surface area contributed by atoms with Crippen molar-refractivity contribution in [2.75, 3.05) is 31.1 Å². The molecule has 1 aromatic heterocycles. The normalized spacial score (nSPS) is 17.4. The van der Waals surface area contributed by atoms with Gasteiger partial charge in [0.25, 0.3) is 0 Å². The van der Waals surface area contributed by atoms with Gasteiger partial charge in [0.15, 0.2) is 5.82 Å². The molecule has 0 radical (unpaired) electrons. The molecule has 0 unspecified atom stereocenters. The summed E-state index contributed by atoms with van der Waals surface area (Å²) in [6.07, 6.45) is 1.96. The number of aromatic nitrogens is 2. The number of piperazine rings is 1. The lowest BCUT2D eigenvalue weighted by Gasteiger charge is -2.33. The van der Waals surface area contributed by atoms with Crippen LogP contribution in [0.15, 0.2) is 30.3 Å². The Kier molecular flexibility index (Phi) is 4.35. The van der Waals surface area contributed by atoms with Crippen molar-refractivity contribution in [1.29, 1.82) is 0 Å². The molecule has 2 amide bonds. The van der Waals surface area contributed by atoms with Crippen LogP contribution in [0.4, 0.5) is 5.13 Å². The van der Waals surface area contributed by atoms with E-state index < -0.39 is 11.8 Å². The van der Waals surface area contributed by atoms with E-state index in [-0.39, 0.29) is 6.04 Å². The second kappa shape index (κ2) is 6.79. The number of nitrogens with one attached hydrogen (secondary N) is 1. The highest BCUT2D eigenvalue weighted by Gasteiger charge is 2.31. The highest BCUT2D eigenvalue weighted by Crippen LogP contribution is 2.24. The molecule has 2 aliphatic rings. The summed E-state index contributed by atoms with van der Waals surface area (Å²) < 4.78 is 4.43. The molecule has 2 aromatic rings. The molecule has 1 saturated heterocycles. The Morgan fingerprint density at radius 2 is 1.80 bits per heavy atom. The molecule has 2 fully saturated rings. The number of nitrogens with zero attached hydrogens (tertiary/aromatic N) is 4. The zero-order valence-electron chi connectivity index (χ0n) is 13.7. The minimum atomic E-state index is -0.474. The Hall–Kier alpha value is -2.48. The van der Waals surface area contributed by atoms with Crippen molar-refractivity contribution >= 4 is 28.5 Å². The average molecular weight is 357 g/mol. The molecule has 0 bridgehead atoms. The van der Waals surface area contributed by atoms with E-state index in [0.717, 1.165) is 29.4 Å². The molecule has 130 valence electrons. The number of amides is 2. The number of anilines is 1. The van der Waals surface area contributed by atoms with Crippen LogP contribution >= 0.6 is 11.5 Å². The first-order valence-corrected chi connectivity index (χ1v) is 9.22. The standard InChI is InChI=1S/C17H19N5O2S/c23-15(18-13-6-7-13)16(24)21-8-10-22(11-9-21)17-19-14(20-25-17)12-4-2-1-3-5-12/h1-5,13H,6-11H2,(H,18,23). The van der Waals surface area contributed by atoms with Gasteiger partial charge in [-0.1, -0.05) is 30.3 Å². The van der Waals surface area contributed by atoms with Gasteiger partial charge in [-0.3, -0.25) is 9.59 Å². The lowest BCUT2D eigenvalue weighted by atomic mass is 10.2. The summed E-state index contributed by atoms with van der Waals surface area (Å²) in [4.78, 5) is 32.4. The van der Waals surface area contributed by atoms with Gasteiger partial charge in [0, 0.05) is 49.3 Å². The van der Waals surface area contributed by atoms with Crippen LogP contribution in [-0.2, 0) is 9.59 Å². The molecule has 1 aliphatic heterocycles. The maximum atomic E-state index is 12.2. The second-order valence-electron chi connectivity index (χ2n) is 6.29. The lowest BCUT2D eigenvalue weighted by Crippen LogP contribution is -2.53. The van der Waals surface area contributed by atoms with Crippen molar-refractivity contribution in [3.63, 3.8) is 0 Å². The molecular weight excluding hydrogens is 338 g/mol. The Bertz CT molecular complexity index is 766. The summed E-state index contributed by atoms with van der Waals surface area (Å²) in [5, 5.41) is 3.61. The van der Waals surface area contributed by atoms with Crippen molar-refractivity contribution < 1.29 is 9.59 Å². The van der Waals surface area contributed by atoms with Crippen LogP contribution in [0.5, 0.6) is 0 Å². The molecule has 1 saturated carbocycles. The van der Waals surface area contributed by atoms with Crippen LogP contribution in [-0.4, -0.2) is 58.3 Å². The van der Waals surface area contributed by atoms with Gasteiger partial charge in [0.05, 0.1) is 0 Å². The van der Waals surface area contributed by atoms with Gasteiger partial charge in [-0.2, -0.15) is 9.36 Å². The van der Waals surface area contributed by atoms with Gasteiger partial charge >= 0.3 is 11.8 Å². The van der Waals surface area contributed by atoms with Crippen LogP contribution in [0.1, 0.15) is 12.8 Å². The number of carbonyl (C=O) groups excluding carboxylic acids is 2. The second-order valence-corrected chi connectivity index (χ2v) is 7.02. The maximum Gasteiger partial charge on any atom is 0.312 e. The van der Waals surface area contributed by atoms with Gasteiger partial charge < -0.3 is 15.1 Å². The summed E-state index contributed by atoms with van der Waals surface area (Å²) in [6.45, 7) is 2.37. The summed E-state index contributed by atoms with van der Waals surface area (Å²) >= 11 is 1.37. The van der Waals surface area contributed by atoms with E-state index in [1.54, 1.807) is 4.90 Å². The number of rotatable bonds is 3. The summed E-state index contributed by atoms with van der Waals surface area (Å²) in [7, 11) is 0. The molecule has 1 N–H and O–H groups in total. The van der Waals surface area contributed by atoms with Crippen LogP contribution in [0.3, 0.4) is 0 Å². The van der Waals surface area contributed by atoms with Gasteiger partial charge in [-0.15, -0.1) is 0 Å². The monoisotopic (exact) mass is 357 g/mol. The van der Waals surface area contributed by atoms with Gasteiger partial charge in [0.2, 0.25) is 5.13 Å². The fourth-order valence-corrected chi connectivity index (χ4v) is 3.51. The third kappa shape index (κ3) is 3.63. The number of benzene rings is 1. The fraction of sp³-hybridized carbons (Fsp3) is 0.412. The van der Waals surface area contributed by atoms with Crippen molar-refractivity contribution in [2.45, 2.75) is 18.9 Å². The molecule has 0 spiro atoms. The Labute approximate surface area is 149 Å². The predicted molar refractivity (Wildman–Crippen MR) is 95.3 cm³/mol. The Morgan fingerprint density at radius 1 is 1.08 bits per heavy atom. The quantitative estimate of drug-likeness (QED) is 0.833. The van der Waals surface area contributed by atoms with Crippen LogP contribution in [0.2, 0.25) is 0 Å². The molecule has 8 heteroatoms. The van der Waals surface area contributed by atoms with Crippen molar-refractivity contribution in [3.05, 3.63) is 30.3 Å². The topological polar surface area (TPSA) is 78.4 Å². The van der Waals surface area contributed by atoms with Gasteiger partial charge in [-0.25, -0.2) is 0 Å². The smallest absolute Gasteiger partial charge is 0.312 e. The van der Waals surface area contributed by atoms with Crippen LogP contribution < -0.4 is 10.2 Å². The SMILES string of the molecule is O=C(NC1CC1)C(=O)N1CCN(c2nc(-c3ccccc3)ns2)CC1. The molecule has 0 atom stereocenters. The van der Waals surface area contributed by atoms with Crippen LogP contribution in [0, 0.1) is 0 Å². The lowest BCUT2D eigenvalue weighted by molar-refractivity contribution is -0.146. The zero-order chi connectivity index (χ0) is 17.2. The van der Waals surface area contributed by atoms with Crippen molar-refractivity contribution in [1.82, 2.24) is 19.6 Å². The molecule has 4 rings (SSSR count). The minimum absolute atomic E-state index is 0.204. The van der Waals surface area contributed by atoms with E-state index in [1.807, 2.05) is 30.3 Å². The molecule has 25 heavy (non-hydrogen) atoms. The van der Waals surface area contributed by atoms with Crippen molar-refractivity contribution in [3.8, 4) is 11.4 Å². The Morgan fingerprint density at radius 3 is 2.48 bits per heavy atom. The van der Waals surface area contributed by atoms with Gasteiger partial charge in [0.1, 0.15) is 0 Å². The van der Waals surface area contributed by atoms with E-state index in [0.29, 0.717) is 26.2 Å². The number of hydrogen-bond acceptors (Lipinski definition) is 6. The molecule has 2 heterocycles. The largest absolute Gasteiger partial charge is 0.345 e.